The van der Waals surface area contributed by atoms with Crippen LogP contribution in [0.25, 0.3) is 5.69 Å². The first-order valence-electron chi connectivity index (χ1n) is 9.17. The van der Waals surface area contributed by atoms with E-state index in [2.05, 4.69) is 10.4 Å². The molecule has 1 saturated heterocycles. The highest BCUT2D eigenvalue weighted by molar-refractivity contribution is 6.02. The molecule has 4 rings (SSSR count). The van der Waals surface area contributed by atoms with Crippen molar-refractivity contribution in [3.63, 3.8) is 0 Å². The lowest BCUT2D eigenvalue weighted by Gasteiger charge is -2.18. The van der Waals surface area contributed by atoms with Gasteiger partial charge in [0.2, 0.25) is 0 Å². The van der Waals surface area contributed by atoms with Gasteiger partial charge in [-0.2, -0.15) is 5.10 Å². The van der Waals surface area contributed by atoms with Gasteiger partial charge >= 0.3 is 0 Å². The van der Waals surface area contributed by atoms with Gasteiger partial charge in [-0.1, -0.05) is 0 Å². The highest BCUT2D eigenvalue weighted by Crippen LogP contribution is 2.26. The summed E-state index contributed by atoms with van der Waals surface area (Å²) in [7, 11) is 0. The fourth-order valence-corrected chi connectivity index (χ4v) is 3.31. The Hall–Kier alpha value is -3.75. The van der Waals surface area contributed by atoms with Gasteiger partial charge in [-0.15, -0.1) is 0 Å². The fourth-order valence-electron chi connectivity index (χ4n) is 3.31. The Kier molecular flexibility index (Phi) is 4.94. The summed E-state index contributed by atoms with van der Waals surface area (Å²) in [5, 5.41) is 17.6. The first-order chi connectivity index (χ1) is 14.0. The van der Waals surface area contributed by atoms with Crippen molar-refractivity contribution >= 4 is 23.0 Å². The van der Waals surface area contributed by atoms with Crippen molar-refractivity contribution in [3.05, 3.63) is 76.4 Å². The molecule has 1 aliphatic rings. The van der Waals surface area contributed by atoms with Crippen LogP contribution in [0.2, 0.25) is 0 Å². The van der Waals surface area contributed by atoms with Crippen LogP contribution >= 0.6 is 0 Å². The number of rotatable bonds is 5. The van der Waals surface area contributed by atoms with Gasteiger partial charge in [-0.3, -0.25) is 14.9 Å². The third-order valence-corrected chi connectivity index (χ3v) is 4.80. The molecule has 1 fully saturated rings. The molecule has 1 amide bonds. The number of nitrogens with one attached hydrogen (secondary N) is 1. The zero-order valence-corrected chi connectivity index (χ0v) is 15.4. The highest BCUT2D eigenvalue weighted by atomic mass is 19.1. The third kappa shape index (κ3) is 3.93. The number of carbonyl (C=O) groups excluding carboxylic acids is 1. The van der Waals surface area contributed by atoms with E-state index in [1.165, 1.54) is 28.9 Å². The highest BCUT2D eigenvalue weighted by Gasteiger charge is 2.17. The number of hydrogen-bond donors (Lipinski definition) is 1. The molecule has 148 valence electrons. The lowest BCUT2D eigenvalue weighted by Crippen LogP contribution is -2.19. The lowest BCUT2D eigenvalue weighted by atomic mass is 10.2. The van der Waals surface area contributed by atoms with E-state index in [-0.39, 0.29) is 17.2 Å². The van der Waals surface area contributed by atoms with E-state index in [1.54, 1.807) is 30.5 Å². The summed E-state index contributed by atoms with van der Waals surface area (Å²) < 4.78 is 15.8. The van der Waals surface area contributed by atoms with Crippen molar-refractivity contribution in [2.24, 2.45) is 0 Å². The molecule has 3 aromatic rings. The molecule has 2 heterocycles. The van der Waals surface area contributed by atoms with Crippen LogP contribution in [0, 0.1) is 15.9 Å². The summed E-state index contributed by atoms with van der Waals surface area (Å²) in [6.45, 7) is 1.67. The number of halogens is 1. The van der Waals surface area contributed by atoms with Crippen LogP contribution in [0.4, 0.5) is 21.5 Å². The maximum Gasteiger partial charge on any atom is 0.276 e. The van der Waals surface area contributed by atoms with E-state index in [0.29, 0.717) is 17.1 Å². The number of hydrogen-bond acceptors (Lipinski definition) is 5. The molecule has 0 atom stereocenters. The topological polar surface area (TPSA) is 93.3 Å². The van der Waals surface area contributed by atoms with Crippen molar-refractivity contribution in [1.29, 1.82) is 0 Å². The summed E-state index contributed by atoms with van der Waals surface area (Å²) in [5.74, 6) is -0.847. The van der Waals surface area contributed by atoms with Gasteiger partial charge in [0.25, 0.3) is 11.6 Å². The van der Waals surface area contributed by atoms with Gasteiger partial charge in [-0.25, -0.2) is 9.07 Å². The van der Waals surface area contributed by atoms with Crippen LogP contribution in [-0.2, 0) is 0 Å². The number of benzene rings is 2. The number of aromatic nitrogens is 2. The van der Waals surface area contributed by atoms with Gasteiger partial charge in [0.1, 0.15) is 5.82 Å². The number of amides is 1. The summed E-state index contributed by atoms with van der Waals surface area (Å²) in [6, 6.07) is 12.0. The molecule has 29 heavy (non-hydrogen) atoms. The summed E-state index contributed by atoms with van der Waals surface area (Å²) in [4.78, 5) is 24.7. The number of non-ortho nitro benzene ring substituents is 1. The van der Waals surface area contributed by atoms with Gasteiger partial charge < -0.3 is 10.2 Å². The van der Waals surface area contributed by atoms with Crippen LogP contribution in [0.15, 0.2) is 54.7 Å². The average molecular weight is 395 g/mol. The Labute approximate surface area is 165 Å². The Bertz CT molecular complexity index is 1060. The van der Waals surface area contributed by atoms with E-state index in [9.17, 15) is 19.3 Å². The predicted molar refractivity (Wildman–Crippen MR) is 106 cm³/mol. The Balaban J connectivity index is 1.46. The monoisotopic (exact) mass is 395 g/mol. The molecule has 1 aromatic heterocycles. The molecule has 0 saturated carbocycles. The average Bonchev–Trinajstić information content (AvgIpc) is 3.40. The normalized spacial score (nSPS) is 13.5. The second-order valence-corrected chi connectivity index (χ2v) is 6.73. The van der Waals surface area contributed by atoms with E-state index in [0.717, 1.165) is 25.9 Å². The first-order valence-corrected chi connectivity index (χ1v) is 9.17. The molecule has 0 aliphatic carbocycles. The summed E-state index contributed by atoms with van der Waals surface area (Å²) in [6.07, 6.45) is 3.68. The number of nitrogens with zero attached hydrogens (tertiary/aromatic N) is 4. The molecule has 0 radical (unpaired) electrons. The van der Waals surface area contributed by atoms with Crippen molar-refractivity contribution in [2.75, 3.05) is 23.3 Å². The number of anilines is 2. The van der Waals surface area contributed by atoms with Crippen molar-refractivity contribution in [1.82, 2.24) is 9.78 Å². The van der Waals surface area contributed by atoms with Crippen LogP contribution in [-0.4, -0.2) is 33.7 Å². The molecule has 2 aromatic carbocycles. The maximum absolute atomic E-state index is 14.4. The van der Waals surface area contributed by atoms with Crippen LogP contribution in [0.1, 0.15) is 23.3 Å². The molecule has 9 heteroatoms. The number of carbonyl (C=O) groups is 1. The smallest absolute Gasteiger partial charge is 0.276 e. The fraction of sp³-hybridized carbons (Fsp3) is 0.200. The van der Waals surface area contributed by atoms with Gasteiger partial charge in [0, 0.05) is 37.1 Å². The van der Waals surface area contributed by atoms with Crippen LogP contribution < -0.4 is 10.2 Å². The summed E-state index contributed by atoms with van der Waals surface area (Å²) in [5.41, 5.74) is 1.59. The molecule has 0 bridgehead atoms. The van der Waals surface area contributed by atoms with Crippen LogP contribution in [0.5, 0.6) is 0 Å². The maximum atomic E-state index is 14.4. The Morgan fingerprint density at radius 1 is 1.10 bits per heavy atom. The van der Waals surface area contributed by atoms with Crippen molar-refractivity contribution in [3.8, 4) is 5.69 Å². The van der Waals surface area contributed by atoms with Gasteiger partial charge in [0.05, 0.1) is 16.3 Å². The van der Waals surface area contributed by atoms with E-state index in [4.69, 9.17) is 0 Å². The minimum absolute atomic E-state index is 0.0294. The molecule has 1 N–H and O–H groups in total. The second kappa shape index (κ2) is 7.70. The molecule has 1 aliphatic heterocycles. The zero-order chi connectivity index (χ0) is 20.4. The van der Waals surface area contributed by atoms with Crippen LogP contribution in [0.3, 0.4) is 0 Å². The van der Waals surface area contributed by atoms with Crippen molar-refractivity contribution in [2.45, 2.75) is 12.8 Å². The SMILES string of the molecule is O=C(Nc1ccc(N2CCCC2)c(F)c1)c1ccn(-c2ccc([N+](=O)[O-])cc2)n1. The molecule has 8 nitrogen and oxygen atoms in total. The third-order valence-electron chi connectivity index (χ3n) is 4.80. The zero-order valence-electron chi connectivity index (χ0n) is 15.4. The molecule has 0 spiro atoms. The van der Waals surface area contributed by atoms with Crippen molar-refractivity contribution < 1.29 is 14.1 Å². The molecular formula is C20H18FN5O3. The number of nitro benzene ring substituents is 1. The molecule has 0 unspecified atom stereocenters. The minimum atomic E-state index is -0.486. The second-order valence-electron chi connectivity index (χ2n) is 6.73. The van der Waals surface area contributed by atoms with Gasteiger partial charge in [-0.05, 0) is 49.2 Å². The summed E-state index contributed by atoms with van der Waals surface area (Å²) >= 11 is 0. The minimum Gasteiger partial charge on any atom is -0.369 e. The predicted octanol–water partition coefficient (Wildman–Crippen LogP) is 3.77. The Morgan fingerprint density at radius 3 is 2.48 bits per heavy atom. The first kappa shape index (κ1) is 18.6. The lowest BCUT2D eigenvalue weighted by molar-refractivity contribution is -0.384. The standard InChI is InChI=1S/C20H18FN5O3/c21-17-13-14(3-8-19(17)24-10-1-2-11-24)22-20(27)18-9-12-25(23-18)15-4-6-16(7-5-15)26(28)29/h3-9,12-13H,1-2,10-11H2,(H,22,27). The number of nitro groups is 1. The Morgan fingerprint density at radius 2 is 1.83 bits per heavy atom. The van der Waals surface area contributed by atoms with E-state index in [1.807, 2.05) is 4.90 Å². The van der Waals surface area contributed by atoms with E-state index >= 15 is 0 Å². The van der Waals surface area contributed by atoms with E-state index < -0.39 is 10.8 Å². The largest absolute Gasteiger partial charge is 0.369 e. The van der Waals surface area contributed by atoms with Gasteiger partial charge in [0.15, 0.2) is 5.69 Å². The molecular weight excluding hydrogens is 377 g/mol. The quantitative estimate of drug-likeness (QED) is 0.524.